The van der Waals surface area contributed by atoms with E-state index in [2.05, 4.69) is 11.0 Å². The Morgan fingerprint density at radius 1 is 1.12 bits per heavy atom. The monoisotopic (exact) mass is 348 g/mol. The van der Waals surface area contributed by atoms with Crippen LogP contribution in [0, 0.1) is 0 Å². The molecule has 2 atom stereocenters. The summed E-state index contributed by atoms with van der Waals surface area (Å²) < 4.78 is 11.3. The standard InChI is InChI=1S/C18H24N2O3S/c1-13-17(21)20(9-8-19-6-2-3-7-19)18(24-13)14-4-5-15-16(12-14)23-11-10-22-15/h4-5,12-13,18H,2-3,6-11H2,1H3/t13-,18+/m0/s1. The maximum Gasteiger partial charge on any atom is 0.236 e. The Balaban J connectivity index is 1.52. The number of benzene rings is 1. The normalized spacial score (nSPS) is 27.0. The zero-order chi connectivity index (χ0) is 16.5. The number of thioether (sulfide) groups is 1. The molecule has 1 aromatic rings. The van der Waals surface area contributed by atoms with Crippen LogP contribution in [0.25, 0.3) is 0 Å². The molecule has 2 saturated heterocycles. The topological polar surface area (TPSA) is 42.0 Å². The number of ether oxygens (including phenoxy) is 2. The highest BCUT2D eigenvalue weighted by molar-refractivity contribution is 8.01. The second-order valence-corrected chi connectivity index (χ2v) is 8.04. The Morgan fingerprint density at radius 3 is 2.67 bits per heavy atom. The third-order valence-corrected chi connectivity index (χ3v) is 6.35. The number of likely N-dealkylation sites (tertiary alicyclic amines) is 1. The molecule has 3 aliphatic heterocycles. The van der Waals surface area contributed by atoms with Crippen LogP contribution in [0.2, 0.25) is 0 Å². The first-order valence-corrected chi connectivity index (χ1v) is 9.74. The summed E-state index contributed by atoms with van der Waals surface area (Å²) in [5.74, 6) is 1.85. The van der Waals surface area contributed by atoms with Crippen LogP contribution in [0.5, 0.6) is 11.5 Å². The number of nitrogens with zero attached hydrogens (tertiary/aromatic N) is 2. The molecule has 0 N–H and O–H groups in total. The Hall–Kier alpha value is -1.40. The van der Waals surface area contributed by atoms with Crippen LogP contribution >= 0.6 is 11.8 Å². The van der Waals surface area contributed by atoms with Gasteiger partial charge in [0, 0.05) is 13.1 Å². The van der Waals surface area contributed by atoms with Crippen LogP contribution in [-0.2, 0) is 4.79 Å². The Morgan fingerprint density at radius 2 is 1.88 bits per heavy atom. The quantitative estimate of drug-likeness (QED) is 0.836. The van der Waals surface area contributed by atoms with Crippen molar-refractivity contribution >= 4 is 17.7 Å². The summed E-state index contributed by atoms with van der Waals surface area (Å²) in [7, 11) is 0. The van der Waals surface area contributed by atoms with Gasteiger partial charge in [-0.25, -0.2) is 0 Å². The number of fused-ring (bicyclic) bond motifs is 1. The molecule has 6 heteroatoms. The number of carbonyl (C=O) groups is 1. The molecule has 130 valence electrons. The molecule has 4 rings (SSSR count). The summed E-state index contributed by atoms with van der Waals surface area (Å²) in [5, 5.41) is 0.0905. The summed E-state index contributed by atoms with van der Waals surface area (Å²) in [6, 6.07) is 6.08. The van der Waals surface area contributed by atoms with Crippen LogP contribution in [0.1, 0.15) is 30.7 Å². The minimum absolute atomic E-state index is 0.0155. The van der Waals surface area contributed by atoms with Crippen molar-refractivity contribution in [1.82, 2.24) is 9.80 Å². The van der Waals surface area contributed by atoms with Crippen molar-refractivity contribution in [3.8, 4) is 11.5 Å². The third-order valence-electron chi connectivity index (χ3n) is 4.95. The van der Waals surface area contributed by atoms with Crippen molar-refractivity contribution in [2.24, 2.45) is 0 Å². The van der Waals surface area contributed by atoms with Crippen molar-refractivity contribution in [1.29, 1.82) is 0 Å². The fraction of sp³-hybridized carbons (Fsp3) is 0.611. The summed E-state index contributed by atoms with van der Waals surface area (Å²) in [4.78, 5) is 17.1. The van der Waals surface area contributed by atoms with Gasteiger partial charge < -0.3 is 19.3 Å². The first kappa shape index (κ1) is 16.1. The Labute approximate surface area is 147 Å². The van der Waals surface area contributed by atoms with E-state index in [4.69, 9.17) is 9.47 Å². The molecule has 0 aromatic heterocycles. The fourth-order valence-corrected chi connectivity index (χ4v) is 4.93. The number of carbonyl (C=O) groups excluding carboxylic acids is 1. The lowest BCUT2D eigenvalue weighted by molar-refractivity contribution is -0.130. The van der Waals surface area contributed by atoms with Crippen LogP contribution < -0.4 is 9.47 Å². The van der Waals surface area contributed by atoms with E-state index >= 15 is 0 Å². The lowest BCUT2D eigenvalue weighted by atomic mass is 10.1. The lowest BCUT2D eigenvalue weighted by Crippen LogP contribution is -2.37. The van der Waals surface area contributed by atoms with Crippen molar-refractivity contribution in [2.45, 2.75) is 30.4 Å². The second kappa shape index (κ2) is 6.84. The molecule has 0 saturated carbocycles. The van der Waals surface area contributed by atoms with Gasteiger partial charge in [0.05, 0.1) is 5.25 Å². The van der Waals surface area contributed by atoms with Crippen LogP contribution in [-0.4, -0.2) is 60.3 Å². The number of amides is 1. The third kappa shape index (κ3) is 3.09. The Kier molecular flexibility index (Phi) is 4.59. The number of rotatable bonds is 4. The van der Waals surface area contributed by atoms with Crippen molar-refractivity contribution in [3.63, 3.8) is 0 Å². The average Bonchev–Trinajstić information content (AvgIpc) is 3.22. The summed E-state index contributed by atoms with van der Waals surface area (Å²) in [6.45, 7) is 7.30. The molecular weight excluding hydrogens is 324 g/mol. The van der Waals surface area contributed by atoms with Gasteiger partial charge in [0.2, 0.25) is 5.91 Å². The van der Waals surface area contributed by atoms with Crippen molar-refractivity contribution in [2.75, 3.05) is 39.4 Å². The van der Waals surface area contributed by atoms with E-state index < -0.39 is 0 Å². The fourth-order valence-electron chi connectivity index (χ4n) is 3.63. The minimum Gasteiger partial charge on any atom is -0.486 e. The zero-order valence-electron chi connectivity index (χ0n) is 14.1. The molecule has 3 heterocycles. The summed E-state index contributed by atoms with van der Waals surface area (Å²) >= 11 is 1.73. The highest BCUT2D eigenvalue weighted by Gasteiger charge is 2.38. The number of hydrogen-bond acceptors (Lipinski definition) is 5. The smallest absolute Gasteiger partial charge is 0.236 e. The van der Waals surface area contributed by atoms with E-state index in [1.54, 1.807) is 11.8 Å². The molecule has 3 aliphatic rings. The van der Waals surface area contributed by atoms with Gasteiger partial charge in [-0.15, -0.1) is 11.8 Å². The maximum atomic E-state index is 12.6. The molecule has 5 nitrogen and oxygen atoms in total. The Bertz CT molecular complexity index is 618. The summed E-state index contributed by atoms with van der Waals surface area (Å²) in [5.41, 5.74) is 1.13. The minimum atomic E-state index is 0.0155. The van der Waals surface area contributed by atoms with E-state index in [1.807, 2.05) is 24.0 Å². The molecule has 1 amide bonds. The SMILES string of the molecule is C[C@@H]1S[C@H](c2ccc3c(c2)OCCO3)N(CCN2CCCC2)C1=O. The predicted octanol–water partition coefficient (Wildman–Crippen LogP) is 2.52. The zero-order valence-corrected chi connectivity index (χ0v) is 14.9. The summed E-state index contributed by atoms with van der Waals surface area (Å²) in [6.07, 6.45) is 2.56. The van der Waals surface area contributed by atoms with Gasteiger partial charge in [0.15, 0.2) is 11.5 Å². The highest BCUT2D eigenvalue weighted by Crippen LogP contribution is 2.45. The largest absolute Gasteiger partial charge is 0.486 e. The van der Waals surface area contributed by atoms with E-state index in [-0.39, 0.29) is 16.5 Å². The van der Waals surface area contributed by atoms with E-state index in [0.717, 1.165) is 30.2 Å². The van der Waals surface area contributed by atoms with Gasteiger partial charge >= 0.3 is 0 Å². The molecule has 0 unspecified atom stereocenters. The van der Waals surface area contributed by atoms with Gasteiger partial charge in [-0.05, 0) is 50.6 Å². The molecule has 24 heavy (non-hydrogen) atoms. The average molecular weight is 348 g/mol. The molecule has 1 aromatic carbocycles. The van der Waals surface area contributed by atoms with Gasteiger partial charge in [0.25, 0.3) is 0 Å². The van der Waals surface area contributed by atoms with Crippen LogP contribution in [0.3, 0.4) is 0 Å². The highest BCUT2D eigenvalue weighted by atomic mass is 32.2. The van der Waals surface area contributed by atoms with E-state index in [0.29, 0.717) is 13.2 Å². The first-order valence-electron chi connectivity index (χ1n) is 8.80. The molecule has 0 bridgehead atoms. The van der Waals surface area contributed by atoms with Gasteiger partial charge in [-0.3, -0.25) is 4.79 Å². The molecule has 0 spiro atoms. The molecular formula is C18H24N2O3S. The first-order chi connectivity index (χ1) is 11.7. The van der Waals surface area contributed by atoms with Crippen molar-refractivity contribution < 1.29 is 14.3 Å². The van der Waals surface area contributed by atoms with E-state index in [1.165, 1.54) is 25.9 Å². The van der Waals surface area contributed by atoms with Gasteiger partial charge in [0.1, 0.15) is 18.6 Å². The van der Waals surface area contributed by atoms with Crippen LogP contribution in [0.4, 0.5) is 0 Å². The van der Waals surface area contributed by atoms with Crippen LogP contribution in [0.15, 0.2) is 18.2 Å². The van der Waals surface area contributed by atoms with Crippen molar-refractivity contribution in [3.05, 3.63) is 23.8 Å². The van der Waals surface area contributed by atoms with Gasteiger partial charge in [-0.1, -0.05) is 6.07 Å². The molecule has 0 aliphatic carbocycles. The maximum absolute atomic E-state index is 12.6. The predicted molar refractivity (Wildman–Crippen MR) is 94.6 cm³/mol. The second-order valence-electron chi connectivity index (χ2n) is 6.61. The van der Waals surface area contributed by atoms with Gasteiger partial charge in [-0.2, -0.15) is 0 Å². The lowest BCUT2D eigenvalue weighted by Gasteiger charge is -2.27. The number of hydrogen-bond donors (Lipinski definition) is 0. The van der Waals surface area contributed by atoms with E-state index in [9.17, 15) is 4.79 Å². The molecule has 2 fully saturated rings. The molecule has 0 radical (unpaired) electrons.